The topological polar surface area (TPSA) is 85.8 Å². The lowest BCUT2D eigenvalue weighted by molar-refractivity contribution is -0.134. The summed E-state index contributed by atoms with van der Waals surface area (Å²) in [6.07, 6.45) is 1.21. The molecule has 1 aromatic carbocycles. The average molecular weight is 461 g/mol. The van der Waals surface area contributed by atoms with Gasteiger partial charge in [-0.1, -0.05) is 32.0 Å². The third-order valence-electron chi connectivity index (χ3n) is 7.48. The maximum absolute atomic E-state index is 13.9. The minimum Gasteiger partial charge on any atom is -0.483 e. The number of carbonyl (C=O) groups excluding carboxylic acids is 3. The molecule has 5 rings (SSSR count). The highest BCUT2D eigenvalue weighted by atomic mass is 16.5. The fourth-order valence-electron chi connectivity index (χ4n) is 5.39. The maximum Gasteiger partial charge on any atom is 0.337 e. The molecular weight excluding hydrogens is 432 g/mol. The summed E-state index contributed by atoms with van der Waals surface area (Å²) < 4.78 is 11.1. The molecule has 0 bridgehead atoms. The molecule has 0 spiro atoms. The first kappa shape index (κ1) is 22.3. The zero-order valence-electron chi connectivity index (χ0n) is 19.8. The zero-order chi connectivity index (χ0) is 24.1. The Labute approximate surface area is 198 Å². The highest BCUT2D eigenvalue weighted by Gasteiger charge is 2.54. The molecule has 2 aromatic rings. The zero-order valence-corrected chi connectivity index (χ0v) is 19.8. The van der Waals surface area contributed by atoms with Crippen LogP contribution >= 0.6 is 0 Å². The molecule has 7 heteroatoms. The molecule has 1 aromatic heterocycles. The summed E-state index contributed by atoms with van der Waals surface area (Å²) in [4.78, 5) is 45.6. The molecule has 1 saturated carbocycles. The number of rotatable bonds is 3. The normalized spacial score (nSPS) is 28.4. The first-order valence-corrected chi connectivity index (χ1v) is 11.7. The lowest BCUT2D eigenvalue weighted by Gasteiger charge is -2.40. The number of benzene rings is 1. The molecule has 0 radical (unpaired) electrons. The van der Waals surface area contributed by atoms with Crippen molar-refractivity contribution >= 4 is 23.5 Å². The molecule has 5 unspecified atom stereocenters. The van der Waals surface area contributed by atoms with Gasteiger partial charge in [0.1, 0.15) is 11.9 Å². The molecule has 34 heavy (non-hydrogen) atoms. The fraction of sp³-hybridized carbons (Fsp3) is 0.407. The minimum absolute atomic E-state index is 0.0180. The monoisotopic (exact) mass is 460 g/mol. The van der Waals surface area contributed by atoms with E-state index >= 15 is 0 Å². The second kappa shape index (κ2) is 8.38. The molecule has 5 atom stereocenters. The number of carbonyl (C=O) groups is 3. The Morgan fingerprint density at radius 2 is 1.76 bits per heavy atom. The Balaban J connectivity index is 1.62. The van der Waals surface area contributed by atoms with E-state index < -0.39 is 12.0 Å². The lowest BCUT2D eigenvalue weighted by atomic mass is 9.70. The number of hydrogen-bond acceptors (Lipinski definition) is 6. The van der Waals surface area contributed by atoms with Crippen LogP contribution in [0.2, 0.25) is 0 Å². The average Bonchev–Trinajstić information content (AvgIpc) is 3.12. The van der Waals surface area contributed by atoms with Crippen LogP contribution in [0.3, 0.4) is 0 Å². The number of aryl methyl sites for hydroxylation is 1. The minimum atomic E-state index is -0.674. The second-order valence-corrected chi connectivity index (χ2v) is 9.62. The van der Waals surface area contributed by atoms with Crippen molar-refractivity contribution in [2.75, 3.05) is 12.0 Å². The van der Waals surface area contributed by atoms with Crippen LogP contribution in [0.25, 0.3) is 0 Å². The second-order valence-electron chi connectivity index (χ2n) is 9.62. The number of hydrogen-bond donors (Lipinski definition) is 0. The van der Waals surface area contributed by atoms with E-state index in [1.807, 2.05) is 19.1 Å². The summed E-state index contributed by atoms with van der Waals surface area (Å²) in [5.74, 6) is 0.338. The van der Waals surface area contributed by atoms with Gasteiger partial charge < -0.3 is 9.47 Å². The van der Waals surface area contributed by atoms with Gasteiger partial charge in [-0.2, -0.15) is 0 Å². The summed E-state index contributed by atoms with van der Waals surface area (Å²) in [6, 6.07) is 11.6. The number of Topliss-reactive ketones (excluding diaryl/α,β-unsaturated/α-hetero) is 1. The van der Waals surface area contributed by atoms with Gasteiger partial charge in [0, 0.05) is 5.69 Å². The lowest BCUT2D eigenvalue weighted by Crippen LogP contribution is -2.43. The van der Waals surface area contributed by atoms with Crippen molar-refractivity contribution < 1.29 is 23.9 Å². The Kier molecular flexibility index (Phi) is 5.50. The molecule has 7 nitrogen and oxygen atoms in total. The Hall–Kier alpha value is -3.48. The molecule has 3 aliphatic rings. The SMILES string of the molecule is COC(=O)c1ccc(C2C3=C(OC4CC(C)C(C)CC4C3=O)C(=O)N2c2cccc(C)n2)cc1. The van der Waals surface area contributed by atoms with Gasteiger partial charge in [-0.25, -0.2) is 9.78 Å². The summed E-state index contributed by atoms with van der Waals surface area (Å²) >= 11 is 0. The van der Waals surface area contributed by atoms with Gasteiger partial charge in [-0.3, -0.25) is 14.5 Å². The summed E-state index contributed by atoms with van der Waals surface area (Å²) in [5.41, 5.74) is 2.26. The standard InChI is InChI=1S/C27H28N2O5/c1-14-12-19-20(13-15(14)2)34-25-22(24(19)30)23(17-8-10-18(11-9-17)27(32)33-4)29(26(25)31)21-7-5-6-16(3)28-21/h5-11,14-15,19-20,23H,12-13H2,1-4H3. The van der Waals surface area contributed by atoms with E-state index in [4.69, 9.17) is 9.47 Å². The van der Waals surface area contributed by atoms with Gasteiger partial charge >= 0.3 is 5.97 Å². The van der Waals surface area contributed by atoms with Gasteiger partial charge in [0.05, 0.1) is 30.2 Å². The van der Waals surface area contributed by atoms with Crippen molar-refractivity contribution in [1.29, 1.82) is 0 Å². The van der Waals surface area contributed by atoms with Crippen molar-refractivity contribution in [2.24, 2.45) is 17.8 Å². The number of methoxy groups -OCH3 is 1. The third kappa shape index (κ3) is 3.50. The van der Waals surface area contributed by atoms with E-state index in [1.54, 1.807) is 35.2 Å². The van der Waals surface area contributed by atoms with Crippen LogP contribution in [0.15, 0.2) is 53.8 Å². The van der Waals surface area contributed by atoms with Gasteiger partial charge in [-0.05, 0) is 61.4 Å². The van der Waals surface area contributed by atoms with Crippen molar-refractivity contribution in [3.63, 3.8) is 0 Å². The summed E-state index contributed by atoms with van der Waals surface area (Å²) in [5, 5.41) is 0. The van der Waals surface area contributed by atoms with E-state index in [-0.39, 0.29) is 29.5 Å². The molecule has 1 amide bonds. The summed E-state index contributed by atoms with van der Waals surface area (Å²) in [6.45, 7) is 6.20. The molecule has 0 saturated heterocycles. The fourth-order valence-corrected chi connectivity index (χ4v) is 5.39. The molecule has 1 aliphatic carbocycles. The van der Waals surface area contributed by atoms with Crippen molar-refractivity contribution in [3.8, 4) is 0 Å². The van der Waals surface area contributed by atoms with E-state index in [9.17, 15) is 14.4 Å². The largest absolute Gasteiger partial charge is 0.483 e. The molecule has 0 N–H and O–H groups in total. The molecule has 2 aliphatic heterocycles. The predicted molar refractivity (Wildman–Crippen MR) is 125 cm³/mol. The third-order valence-corrected chi connectivity index (χ3v) is 7.48. The van der Waals surface area contributed by atoms with Crippen molar-refractivity contribution in [1.82, 2.24) is 4.98 Å². The quantitative estimate of drug-likeness (QED) is 0.639. The van der Waals surface area contributed by atoms with E-state index in [0.717, 1.165) is 18.5 Å². The first-order chi connectivity index (χ1) is 16.3. The number of aromatic nitrogens is 1. The molecule has 176 valence electrons. The Morgan fingerprint density at radius 1 is 1.06 bits per heavy atom. The van der Waals surface area contributed by atoms with Crippen molar-refractivity contribution in [3.05, 3.63) is 70.6 Å². The molecule has 1 fully saturated rings. The maximum atomic E-state index is 13.9. The van der Waals surface area contributed by atoms with Crippen LogP contribution in [0.5, 0.6) is 0 Å². The number of nitrogens with zero attached hydrogens (tertiary/aromatic N) is 2. The number of fused-ring (bicyclic) bond motifs is 1. The van der Waals surface area contributed by atoms with Crippen LogP contribution in [-0.4, -0.2) is 35.9 Å². The van der Waals surface area contributed by atoms with Crippen LogP contribution < -0.4 is 4.90 Å². The highest BCUT2D eigenvalue weighted by molar-refractivity contribution is 6.17. The smallest absolute Gasteiger partial charge is 0.337 e. The number of esters is 1. The number of ether oxygens (including phenoxy) is 2. The number of ketones is 1. The molecular formula is C27H28N2O5. The van der Waals surface area contributed by atoms with E-state index in [2.05, 4.69) is 18.8 Å². The summed E-state index contributed by atoms with van der Waals surface area (Å²) in [7, 11) is 1.33. The van der Waals surface area contributed by atoms with Gasteiger partial charge in [0.2, 0.25) is 0 Å². The van der Waals surface area contributed by atoms with Crippen LogP contribution in [0.4, 0.5) is 5.82 Å². The van der Waals surface area contributed by atoms with Crippen LogP contribution in [0, 0.1) is 24.7 Å². The van der Waals surface area contributed by atoms with E-state index in [1.165, 1.54) is 7.11 Å². The Bertz CT molecular complexity index is 1200. The number of pyridine rings is 1. The van der Waals surface area contributed by atoms with Crippen LogP contribution in [0.1, 0.15) is 54.3 Å². The van der Waals surface area contributed by atoms with Gasteiger partial charge in [-0.15, -0.1) is 0 Å². The number of amides is 1. The van der Waals surface area contributed by atoms with Gasteiger partial charge in [0.15, 0.2) is 11.5 Å². The number of anilines is 1. The van der Waals surface area contributed by atoms with Crippen LogP contribution in [-0.2, 0) is 19.1 Å². The molecule has 3 heterocycles. The van der Waals surface area contributed by atoms with Gasteiger partial charge in [0.25, 0.3) is 5.91 Å². The van der Waals surface area contributed by atoms with Crippen molar-refractivity contribution in [2.45, 2.75) is 45.8 Å². The van der Waals surface area contributed by atoms with E-state index in [0.29, 0.717) is 34.4 Å². The predicted octanol–water partition coefficient (Wildman–Crippen LogP) is 4.17. The first-order valence-electron chi connectivity index (χ1n) is 11.7. The highest BCUT2D eigenvalue weighted by Crippen LogP contribution is 2.49. The Morgan fingerprint density at radius 3 is 2.44 bits per heavy atom.